The molecule has 1 amide bonds. The number of aromatic nitrogens is 3. The van der Waals surface area contributed by atoms with Gasteiger partial charge >= 0.3 is 0 Å². The second-order valence-corrected chi connectivity index (χ2v) is 8.76. The fourth-order valence-corrected chi connectivity index (χ4v) is 5.21. The maximum atomic E-state index is 12.9. The molecule has 0 radical (unpaired) electrons. The largest absolute Gasteiger partial charge is 0.391 e. The van der Waals surface area contributed by atoms with Crippen LogP contribution in [0.1, 0.15) is 50.8 Å². The van der Waals surface area contributed by atoms with Gasteiger partial charge in [-0.3, -0.25) is 9.59 Å². The Labute approximate surface area is 167 Å². The summed E-state index contributed by atoms with van der Waals surface area (Å²) in [5.41, 5.74) is 0.735. The van der Waals surface area contributed by atoms with E-state index < -0.39 is 6.10 Å². The van der Waals surface area contributed by atoms with Gasteiger partial charge in [0.15, 0.2) is 5.78 Å². The molecular weight excluding hydrogens is 380 g/mol. The van der Waals surface area contributed by atoms with Crippen molar-refractivity contribution in [2.75, 3.05) is 20.2 Å². The second-order valence-electron chi connectivity index (χ2n) is 7.68. The molecule has 4 atom stereocenters. The lowest BCUT2D eigenvalue weighted by Crippen LogP contribution is -2.36. The highest BCUT2D eigenvalue weighted by Crippen LogP contribution is 2.41. The Kier molecular flexibility index (Phi) is 5.31. The molecule has 2 fully saturated rings. The fraction of sp³-hybridized carbons (Fsp3) is 0.579. The molecule has 2 aliphatic rings. The van der Waals surface area contributed by atoms with Crippen LogP contribution >= 0.6 is 11.3 Å². The van der Waals surface area contributed by atoms with E-state index in [1.807, 2.05) is 11.1 Å². The highest BCUT2D eigenvalue weighted by atomic mass is 32.1. The summed E-state index contributed by atoms with van der Waals surface area (Å²) in [5.74, 6) is 0.552. The van der Waals surface area contributed by atoms with E-state index in [1.165, 1.54) is 18.3 Å². The molecule has 4 rings (SSSR count). The van der Waals surface area contributed by atoms with Gasteiger partial charge in [0.1, 0.15) is 5.69 Å². The Bertz CT molecular complexity index is 879. The molecule has 3 heterocycles. The fourth-order valence-electron chi connectivity index (χ4n) is 4.34. The van der Waals surface area contributed by atoms with E-state index in [2.05, 4.69) is 10.3 Å². The number of methoxy groups -OCH3 is 1. The van der Waals surface area contributed by atoms with E-state index in [0.29, 0.717) is 41.8 Å². The van der Waals surface area contributed by atoms with Crippen LogP contribution in [0.25, 0.3) is 0 Å². The number of fused-ring (bicyclic) bond motifs is 1. The van der Waals surface area contributed by atoms with Gasteiger partial charge in [-0.2, -0.15) is 0 Å². The Morgan fingerprint density at radius 1 is 1.25 bits per heavy atom. The van der Waals surface area contributed by atoms with Crippen molar-refractivity contribution in [3.63, 3.8) is 0 Å². The molecule has 150 valence electrons. The minimum absolute atomic E-state index is 0.0224. The average molecular weight is 404 g/mol. The number of carbonyl (C=O) groups is 2. The molecule has 2 aromatic heterocycles. The first-order valence-corrected chi connectivity index (χ1v) is 10.3. The lowest BCUT2D eigenvalue weighted by Gasteiger charge is -2.34. The standard InChI is InChI=1S/C19H24N4O4S/c1-11(24)17-3-4-18(28-17)19(26)22-7-12-5-15(16(25)6-13(12)8-22)23-9-14(10-27-2)20-21-23/h3-4,9,12-13,15-16,25H,5-8,10H2,1-2H3/t12-,13+,15-,16-/m1/s1. The smallest absolute Gasteiger partial charge is 0.263 e. The molecule has 0 bridgehead atoms. The SMILES string of the molecule is COCc1cn([C@@H]2C[C@@H]3CN(C(=O)c4ccc(C(C)=O)s4)C[C@@H]3C[C@H]2O)nn1. The van der Waals surface area contributed by atoms with E-state index in [9.17, 15) is 14.7 Å². The summed E-state index contributed by atoms with van der Waals surface area (Å²) in [6.07, 6.45) is 2.71. The molecule has 1 aliphatic heterocycles. The summed E-state index contributed by atoms with van der Waals surface area (Å²) in [4.78, 5) is 27.4. The number of Topliss-reactive ketones (excluding diaryl/α,β-unsaturated/α-hetero) is 1. The molecular formula is C19H24N4O4S. The maximum Gasteiger partial charge on any atom is 0.263 e. The highest BCUT2D eigenvalue weighted by Gasteiger charge is 2.44. The van der Waals surface area contributed by atoms with Crippen molar-refractivity contribution in [3.05, 3.63) is 33.8 Å². The number of thiophene rings is 1. The van der Waals surface area contributed by atoms with E-state index in [-0.39, 0.29) is 23.7 Å². The van der Waals surface area contributed by atoms with Crippen molar-refractivity contribution < 1.29 is 19.4 Å². The third-order valence-electron chi connectivity index (χ3n) is 5.75. The molecule has 2 aromatic rings. The summed E-state index contributed by atoms with van der Waals surface area (Å²) in [7, 11) is 1.61. The first-order valence-electron chi connectivity index (χ1n) is 9.44. The summed E-state index contributed by atoms with van der Waals surface area (Å²) < 4.78 is 6.82. The van der Waals surface area contributed by atoms with Crippen LogP contribution in [-0.4, -0.2) is 63.0 Å². The quantitative estimate of drug-likeness (QED) is 0.763. The summed E-state index contributed by atoms with van der Waals surface area (Å²) in [6.45, 7) is 3.21. The highest BCUT2D eigenvalue weighted by molar-refractivity contribution is 7.15. The maximum absolute atomic E-state index is 12.9. The van der Waals surface area contributed by atoms with Crippen LogP contribution in [0.5, 0.6) is 0 Å². The van der Waals surface area contributed by atoms with E-state index in [0.717, 1.165) is 12.1 Å². The summed E-state index contributed by atoms with van der Waals surface area (Å²) in [6, 6.07) is 3.31. The van der Waals surface area contributed by atoms with Gasteiger partial charge in [0.25, 0.3) is 5.91 Å². The predicted molar refractivity (Wildman–Crippen MR) is 102 cm³/mol. The van der Waals surface area contributed by atoms with Gasteiger partial charge in [0.05, 0.1) is 34.7 Å². The molecule has 0 unspecified atom stereocenters. The lowest BCUT2D eigenvalue weighted by molar-refractivity contribution is 0.0298. The topological polar surface area (TPSA) is 97.5 Å². The molecule has 0 spiro atoms. The summed E-state index contributed by atoms with van der Waals surface area (Å²) >= 11 is 1.25. The molecule has 1 saturated carbocycles. The zero-order valence-electron chi connectivity index (χ0n) is 15.9. The predicted octanol–water partition coefficient (Wildman–Crippen LogP) is 1.77. The van der Waals surface area contributed by atoms with E-state index >= 15 is 0 Å². The van der Waals surface area contributed by atoms with E-state index in [4.69, 9.17) is 4.74 Å². The zero-order valence-corrected chi connectivity index (χ0v) is 16.8. The van der Waals surface area contributed by atoms with Crippen molar-refractivity contribution >= 4 is 23.0 Å². The van der Waals surface area contributed by atoms with E-state index in [1.54, 1.807) is 23.9 Å². The number of carbonyl (C=O) groups excluding carboxylic acids is 2. The lowest BCUT2D eigenvalue weighted by atomic mass is 9.77. The number of likely N-dealkylation sites (tertiary alicyclic amines) is 1. The number of aliphatic hydroxyl groups excluding tert-OH is 1. The van der Waals surface area contributed by atoms with Crippen LogP contribution in [0.2, 0.25) is 0 Å². The molecule has 8 nitrogen and oxygen atoms in total. The summed E-state index contributed by atoms with van der Waals surface area (Å²) in [5, 5.41) is 18.9. The normalized spacial score (nSPS) is 27.0. The molecule has 1 N–H and O–H groups in total. The minimum atomic E-state index is -0.514. The number of rotatable bonds is 5. The van der Waals surface area contributed by atoms with Crippen LogP contribution in [0.15, 0.2) is 18.3 Å². The third kappa shape index (κ3) is 3.61. The number of amides is 1. The van der Waals surface area contributed by atoms with Crippen LogP contribution < -0.4 is 0 Å². The average Bonchev–Trinajstić information content (AvgIpc) is 3.39. The number of ketones is 1. The molecule has 1 aliphatic carbocycles. The van der Waals surface area contributed by atoms with Crippen molar-refractivity contribution in [1.82, 2.24) is 19.9 Å². The number of ether oxygens (including phenoxy) is 1. The first-order chi connectivity index (χ1) is 13.5. The van der Waals surface area contributed by atoms with Gasteiger partial charge in [-0.15, -0.1) is 16.4 Å². The van der Waals surface area contributed by atoms with Crippen molar-refractivity contribution in [1.29, 1.82) is 0 Å². The molecule has 28 heavy (non-hydrogen) atoms. The van der Waals surface area contributed by atoms with Crippen molar-refractivity contribution in [2.24, 2.45) is 11.8 Å². The zero-order chi connectivity index (χ0) is 19.8. The molecule has 0 aromatic carbocycles. The van der Waals surface area contributed by atoms with Gasteiger partial charge in [-0.25, -0.2) is 4.68 Å². The third-order valence-corrected chi connectivity index (χ3v) is 6.92. The van der Waals surface area contributed by atoms with Crippen molar-refractivity contribution in [3.8, 4) is 0 Å². The van der Waals surface area contributed by atoms with Crippen LogP contribution in [0, 0.1) is 11.8 Å². The Balaban J connectivity index is 1.44. The first kappa shape index (κ1) is 19.2. The number of hydrogen-bond donors (Lipinski definition) is 1. The Hall–Kier alpha value is -2.10. The Morgan fingerprint density at radius 3 is 2.64 bits per heavy atom. The number of nitrogens with zero attached hydrogens (tertiary/aromatic N) is 4. The van der Waals surface area contributed by atoms with Gasteiger partial charge < -0.3 is 14.7 Å². The number of hydrogen-bond acceptors (Lipinski definition) is 7. The van der Waals surface area contributed by atoms with Gasteiger partial charge in [0.2, 0.25) is 0 Å². The second kappa shape index (κ2) is 7.73. The molecule has 9 heteroatoms. The van der Waals surface area contributed by atoms with Gasteiger partial charge in [0, 0.05) is 20.2 Å². The van der Waals surface area contributed by atoms with Crippen molar-refractivity contribution in [2.45, 2.75) is 38.5 Å². The monoisotopic (exact) mass is 404 g/mol. The van der Waals surface area contributed by atoms with Crippen LogP contribution in [0.4, 0.5) is 0 Å². The Morgan fingerprint density at radius 2 is 1.96 bits per heavy atom. The molecule has 1 saturated heterocycles. The van der Waals surface area contributed by atoms with Gasteiger partial charge in [-0.05, 0) is 43.7 Å². The van der Waals surface area contributed by atoms with Crippen LogP contribution in [0.3, 0.4) is 0 Å². The number of aliphatic hydroxyl groups is 1. The van der Waals surface area contributed by atoms with Crippen LogP contribution in [-0.2, 0) is 11.3 Å². The minimum Gasteiger partial charge on any atom is -0.391 e. The van der Waals surface area contributed by atoms with Gasteiger partial charge in [-0.1, -0.05) is 5.21 Å².